The van der Waals surface area contributed by atoms with Crippen LogP contribution in [0.3, 0.4) is 0 Å². The number of oxazole rings is 1. The summed E-state index contributed by atoms with van der Waals surface area (Å²) in [4.78, 5) is 37.7. The Balaban J connectivity index is 1.42. The van der Waals surface area contributed by atoms with Crippen molar-refractivity contribution in [3.05, 3.63) is 46.7 Å². The predicted octanol–water partition coefficient (Wildman–Crippen LogP) is 1.47. The number of benzene rings is 1. The standard InChI is InChI=1S/C20H24N6O3/c1-3-21-17-12-18(23-14(2)22-17)24-8-10-25(11-9-24)19(27)13-26-15-6-4-5-7-16(15)29-20(26)28/h4-7,12H,3,8-11,13H2,1-2H3,(H,21,22,23). The minimum Gasteiger partial charge on any atom is -0.408 e. The zero-order valence-corrected chi connectivity index (χ0v) is 16.6. The van der Waals surface area contributed by atoms with Crippen molar-refractivity contribution in [1.82, 2.24) is 19.4 Å². The van der Waals surface area contributed by atoms with E-state index >= 15 is 0 Å². The van der Waals surface area contributed by atoms with Gasteiger partial charge in [0, 0.05) is 38.8 Å². The summed E-state index contributed by atoms with van der Waals surface area (Å²) in [5, 5.41) is 3.22. The molecule has 0 radical (unpaired) electrons. The number of piperazine rings is 1. The molecule has 29 heavy (non-hydrogen) atoms. The Morgan fingerprint density at radius 2 is 1.93 bits per heavy atom. The van der Waals surface area contributed by atoms with Gasteiger partial charge in [0.25, 0.3) is 0 Å². The predicted molar refractivity (Wildman–Crippen MR) is 110 cm³/mol. The molecule has 4 rings (SSSR count). The third-order valence-electron chi connectivity index (χ3n) is 5.01. The third kappa shape index (κ3) is 3.94. The van der Waals surface area contributed by atoms with Gasteiger partial charge in [0.2, 0.25) is 5.91 Å². The highest BCUT2D eigenvalue weighted by Crippen LogP contribution is 2.18. The molecule has 0 spiro atoms. The topological polar surface area (TPSA) is 96.5 Å². The van der Waals surface area contributed by atoms with Crippen molar-refractivity contribution in [2.75, 3.05) is 42.9 Å². The maximum Gasteiger partial charge on any atom is 0.420 e. The molecule has 1 aromatic carbocycles. The fourth-order valence-corrected chi connectivity index (χ4v) is 3.57. The maximum absolute atomic E-state index is 12.8. The molecular weight excluding hydrogens is 372 g/mol. The van der Waals surface area contributed by atoms with Crippen LogP contribution in [0.4, 0.5) is 11.6 Å². The Kier molecular flexibility index (Phi) is 5.20. The molecule has 3 heterocycles. The van der Waals surface area contributed by atoms with E-state index in [0.717, 1.165) is 18.2 Å². The molecule has 152 valence electrons. The summed E-state index contributed by atoms with van der Waals surface area (Å²) in [6, 6.07) is 9.06. The molecule has 0 aliphatic carbocycles. The minimum atomic E-state index is -0.509. The van der Waals surface area contributed by atoms with Crippen molar-refractivity contribution in [3.8, 4) is 0 Å². The van der Waals surface area contributed by atoms with Gasteiger partial charge in [-0.1, -0.05) is 12.1 Å². The van der Waals surface area contributed by atoms with E-state index in [1.54, 1.807) is 23.1 Å². The molecule has 1 aliphatic heterocycles. The van der Waals surface area contributed by atoms with Crippen molar-refractivity contribution in [2.45, 2.75) is 20.4 Å². The van der Waals surface area contributed by atoms with Gasteiger partial charge in [0.05, 0.1) is 5.52 Å². The molecule has 1 saturated heterocycles. The van der Waals surface area contributed by atoms with Crippen LogP contribution in [0.15, 0.2) is 39.5 Å². The summed E-state index contributed by atoms with van der Waals surface area (Å²) < 4.78 is 6.60. The van der Waals surface area contributed by atoms with Gasteiger partial charge in [-0.2, -0.15) is 0 Å². The first kappa shape index (κ1) is 19.0. The Morgan fingerprint density at radius 1 is 1.17 bits per heavy atom. The van der Waals surface area contributed by atoms with Crippen LogP contribution in [-0.2, 0) is 11.3 Å². The zero-order valence-electron chi connectivity index (χ0n) is 16.6. The number of fused-ring (bicyclic) bond motifs is 1. The summed E-state index contributed by atoms with van der Waals surface area (Å²) in [7, 11) is 0. The lowest BCUT2D eigenvalue weighted by Crippen LogP contribution is -2.50. The summed E-state index contributed by atoms with van der Waals surface area (Å²) in [5.74, 6) is 1.77. The number of nitrogens with zero attached hydrogens (tertiary/aromatic N) is 5. The van der Waals surface area contributed by atoms with Crippen molar-refractivity contribution in [1.29, 1.82) is 0 Å². The minimum absolute atomic E-state index is 0.0208. The first-order chi connectivity index (χ1) is 14.0. The molecule has 3 aromatic rings. The molecule has 0 bridgehead atoms. The van der Waals surface area contributed by atoms with Crippen LogP contribution >= 0.6 is 0 Å². The molecule has 1 N–H and O–H groups in total. The number of hydrogen-bond donors (Lipinski definition) is 1. The van der Waals surface area contributed by atoms with Gasteiger partial charge in [-0.25, -0.2) is 14.8 Å². The first-order valence-corrected chi connectivity index (χ1v) is 9.76. The van der Waals surface area contributed by atoms with Crippen molar-refractivity contribution in [2.24, 2.45) is 0 Å². The number of rotatable bonds is 5. The van der Waals surface area contributed by atoms with E-state index in [9.17, 15) is 9.59 Å². The number of nitrogens with one attached hydrogen (secondary N) is 1. The number of hydrogen-bond acceptors (Lipinski definition) is 7. The van der Waals surface area contributed by atoms with Crippen molar-refractivity contribution < 1.29 is 9.21 Å². The number of aromatic nitrogens is 3. The average molecular weight is 396 g/mol. The van der Waals surface area contributed by atoms with Crippen LogP contribution in [0.25, 0.3) is 11.1 Å². The van der Waals surface area contributed by atoms with Crippen LogP contribution in [0, 0.1) is 6.92 Å². The van der Waals surface area contributed by atoms with Crippen LogP contribution in [0.1, 0.15) is 12.7 Å². The SMILES string of the molecule is CCNc1cc(N2CCN(C(=O)Cn3c(=O)oc4ccccc43)CC2)nc(C)n1. The van der Waals surface area contributed by atoms with Crippen molar-refractivity contribution >= 4 is 28.6 Å². The first-order valence-electron chi connectivity index (χ1n) is 9.76. The van der Waals surface area contributed by atoms with E-state index in [-0.39, 0.29) is 12.5 Å². The molecule has 1 aliphatic rings. The monoisotopic (exact) mass is 396 g/mol. The summed E-state index contributed by atoms with van der Waals surface area (Å²) in [6.45, 7) is 7.16. The van der Waals surface area contributed by atoms with Crippen LogP contribution in [-0.4, -0.2) is 58.1 Å². The van der Waals surface area contributed by atoms with Crippen LogP contribution in [0.5, 0.6) is 0 Å². The third-order valence-corrected chi connectivity index (χ3v) is 5.01. The second kappa shape index (κ2) is 7.94. The number of para-hydroxylation sites is 2. The highest BCUT2D eigenvalue weighted by Gasteiger charge is 2.24. The Morgan fingerprint density at radius 3 is 2.69 bits per heavy atom. The number of carbonyl (C=O) groups excluding carboxylic acids is 1. The van der Waals surface area contributed by atoms with Gasteiger partial charge < -0.3 is 19.5 Å². The van der Waals surface area contributed by atoms with Gasteiger partial charge >= 0.3 is 5.76 Å². The smallest absolute Gasteiger partial charge is 0.408 e. The molecule has 0 unspecified atom stereocenters. The number of anilines is 2. The molecule has 9 nitrogen and oxygen atoms in total. The quantitative estimate of drug-likeness (QED) is 0.698. The summed E-state index contributed by atoms with van der Waals surface area (Å²) >= 11 is 0. The Hall–Kier alpha value is -3.36. The fraction of sp³-hybridized carbons (Fsp3) is 0.400. The fourth-order valence-electron chi connectivity index (χ4n) is 3.57. The highest BCUT2D eigenvalue weighted by molar-refractivity contribution is 5.79. The van der Waals surface area contributed by atoms with E-state index in [1.807, 2.05) is 26.0 Å². The van der Waals surface area contributed by atoms with Crippen molar-refractivity contribution in [3.63, 3.8) is 0 Å². The highest BCUT2D eigenvalue weighted by atomic mass is 16.4. The van der Waals surface area contributed by atoms with Crippen LogP contribution < -0.4 is 16.0 Å². The summed E-state index contributed by atoms with van der Waals surface area (Å²) in [6.07, 6.45) is 0. The average Bonchev–Trinajstić information content (AvgIpc) is 3.03. The zero-order chi connectivity index (χ0) is 20.4. The van der Waals surface area contributed by atoms with Gasteiger partial charge in [0.1, 0.15) is 24.0 Å². The molecular formula is C20H24N6O3. The molecule has 0 atom stereocenters. The lowest BCUT2D eigenvalue weighted by atomic mass is 10.3. The molecule has 2 aromatic heterocycles. The molecule has 1 amide bonds. The largest absolute Gasteiger partial charge is 0.420 e. The number of aryl methyl sites for hydroxylation is 1. The summed E-state index contributed by atoms with van der Waals surface area (Å²) in [5.41, 5.74) is 1.13. The second-order valence-corrected chi connectivity index (χ2v) is 6.98. The molecule has 9 heteroatoms. The Bertz CT molecular complexity index is 1080. The normalized spacial score (nSPS) is 14.4. The van der Waals surface area contributed by atoms with E-state index in [0.29, 0.717) is 43.1 Å². The molecule has 1 fully saturated rings. The second-order valence-electron chi connectivity index (χ2n) is 6.98. The van der Waals surface area contributed by atoms with E-state index in [2.05, 4.69) is 20.2 Å². The van der Waals surface area contributed by atoms with Gasteiger partial charge in [-0.05, 0) is 26.0 Å². The number of amides is 1. The van der Waals surface area contributed by atoms with E-state index in [1.165, 1.54) is 4.57 Å². The van der Waals surface area contributed by atoms with Crippen LogP contribution in [0.2, 0.25) is 0 Å². The van der Waals surface area contributed by atoms with E-state index < -0.39 is 5.76 Å². The van der Waals surface area contributed by atoms with Gasteiger partial charge in [-0.3, -0.25) is 9.36 Å². The van der Waals surface area contributed by atoms with Gasteiger partial charge in [0.15, 0.2) is 5.58 Å². The lowest BCUT2D eigenvalue weighted by Gasteiger charge is -2.35. The lowest BCUT2D eigenvalue weighted by molar-refractivity contribution is -0.132. The Labute approximate surface area is 168 Å². The number of carbonyl (C=O) groups is 1. The van der Waals surface area contributed by atoms with E-state index in [4.69, 9.17) is 4.42 Å². The molecule has 0 saturated carbocycles. The maximum atomic E-state index is 12.8. The van der Waals surface area contributed by atoms with Gasteiger partial charge in [-0.15, -0.1) is 0 Å².